The van der Waals surface area contributed by atoms with E-state index in [1.165, 1.54) is 7.11 Å². The summed E-state index contributed by atoms with van der Waals surface area (Å²) in [5, 5.41) is 0. The molecule has 0 saturated heterocycles. The highest BCUT2D eigenvalue weighted by molar-refractivity contribution is 5.60. The van der Waals surface area contributed by atoms with Crippen LogP contribution in [0.3, 0.4) is 0 Å². The molecule has 0 rings (SSSR count). The van der Waals surface area contributed by atoms with Gasteiger partial charge in [0.05, 0.1) is 7.11 Å². The van der Waals surface area contributed by atoms with Crippen molar-refractivity contribution in [2.75, 3.05) is 7.11 Å². The van der Waals surface area contributed by atoms with Crippen LogP contribution in [0.15, 0.2) is 12.7 Å². The Bertz CT molecular complexity index is 181. The first kappa shape index (κ1) is 13.0. The van der Waals surface area contributed by atoms with Crippen LogP contribution in [0.25, 0.3) is 0 Å². The molecule has 0 aromatic rings. The van der Waals surface area contributed by atoms with E-state index < -0.39 is 11.8 Å². The molecule has 0 atom stereocenters. The first-order valence-corrected chi connectivity index (χ1v) is 5.04. The van der Waals surface area contributed by atoms with E-state index in [2.05, 4.69) is 25.2 Å². The molecule has 0 aromatic heterocycles. The molecule has 0 heterocycles. The highest BCUT2D eigenvalue weighted by Gasteiger charge is 2.29. The quantitative estimate of drug-likeness (QED) is 0.487. The second-order valence-corrected chi connectivity index (χ2v) is 3.33. The molecule has 0 saturated carbocycles. The molecule has 0 amide bonds. The molecule has 14 heavy (non-hydrogen) atoms. The van der Waals surface area contributed by atoms with E-state index in [0.717, 1.165) is 25.7 Å². The van der Waals surface area contributed by atoms with Crippen LogP contribution in [-0.2, 0) is 9.47 Å². The molecule has 3 heteroatoms. The second kappa shape index (κ2) is 6.46. The lowest BCUT2D eigenvalue weighted by molar-refractivity contribution is -0.00984. The Hall–Kier alpha value is -0.990. The third kappa shape index (κ3) is 3.81. The van der Waals surface area contributed by atoms with Crippen molar-refractivity contribution in [2.45, 2.75) is 45.1 Å². The van der Waals surface area contributed by atoms with Gasteiger partial charge in [-0.05, 0) is 18.9 Å². The van der Waals surface area contributed by atoms with Crippen LogP contribution in [0.2, 0.25) is 0 Å². The Balaban J connectivity index is 4.47. The zero-order valence-electron chi connectivity index (χ0n) is 9.34. The fourth-order valence-electron chi connectivity index (χ4n) is 1.53. The van der Waals surface area contributed by atoms with Crippen molar-refractivity contribution < 1.29 is 14.3 Å². The normalized spacial score (nSPS) is 10.8. The van der Waals surface area contributed by atoms with E-state index in [9.17, 15) is 4.79 Å². The average molecular weight is 200 g/mol. The van der Waals surface area contributed by atoms with E-state index in [1.54, 1.807) is 6.08 Å². The zero-order valence-corrected chi connectivity index (χ0v) is 9.34. The average Bonchev–Trinajstić information content (AvgIpc) is 2.18. The molecule has 0 N–H and O–H groups in total. The minimum atomic E-state index is -0.633. The summed E-state index contributed by atoms with van der Waals surface area (Å²) in [6, 6.07) is 0. The number of carbonyl (C=O) groups is 1. The number of rotatable bonds is 6. The van der Waals surface area contributed by atoms with Gasteiger partial charge in [0.2, 0.25) is 0 Å². The molecule has 0 fully saturated rings. The van der Waals surface area contributed by atoms with Crippen molar-refractivity contribution in [3.63, 3.8) is 0 Å². The number of hydrogen-bond acceptors (Lipinski definition) is 3. The molecule has 0 unspecified atom stereocenters. The van der Waals surface area contributed by atoms with E-state index in [4.69, 9.17) is 4.74 Å². The van der Waals surface area contributed by atoms with Crippen LogP contribution in [-0.4, -0.2) is 18.9 Å². The summed E-state index contributed by atoms with van der Waals surface area (Å²) >= 11 is 0. The van der Waals surface area contributed by atoms with Gasteiger partial charge in [0.1, 0.15) is 5.60 Å². The monoisotopic (exact) mass is 200 g/mol. The number of methoxy groups -OCH3 is 1. The Morgan fingerprint density at radius 2 is 1.86 bits per heavy atom. The summed E-state index contributed by atoms with van der Waals surface area (Å²) in [5.41, 5.74) is -0.545. The highest BCUT2D eigenvalue weighted by Crippen LogP contribution is 2.26. The molecule has 0 aliphatic carbocycles. The number of carbonyl (C=O) groups excluding carboxylic acids is 1. The van der Waals surface area contributed by atoms with Crippen LogP contribution in [0.4, 0.5) is 4.79 Å². The first-order valence-electron chi connectivity index (χ1n) is 5.04. The first-order chi connectivity index (χ1) is 6.64. The third-order valence-corrected chi connectivity index (χ3v) is 2.17. The Kier molecular flexibility index (Phi) is 6.00. The Morgan fingerprint density at radius 3 is 2.14 bits per heavy atom. The van der Waals surface area contributed by atoms with Gasteiger partial charge in [-0.15, -0.1) is 0 Å². The minimum absolute atomic E-state index is 0.545. The second-order valence-electron chi connectivity index (χ2n) is 3.33. The van der Waals surface area contributed by atoms with Gasteiger partial charge < -0.3 is 9.47 Å². The molecule has 0 aliphatic rings. The van der Waals surface area contributed by atoms with Crippen LogP contribution >= 0.6 is 0 Å². The topological polar surface area (TPSA) is 35.5 Å². The Labute approximate surface area is 86.1 Å². The van der Waals surface area contributed by atoms with Crippen molar-refractivity contribution in [2.24, 2.45) is 0 Å². The van der Waals surface area contributed by atoms with E-state index in [1.807, 2.05) is 0 Å². The SMILES string of the molecule is C=CC(CCC)(CCC)OC(=O)OC. The largest absolute Gasteiger partial charge is 0.508 e. The maximum absolute atomic E-state index is 11.0. The zero-order chi connectivity index (χ0) is 11.0. The minimum Gasteiger partial charge on any atom is -0.438 e. The van der Waals surface area contributed by atoms with Gasteiger partial charge in [0.25, 0.3) is 0 Å². The van der Waals surface area contributed by atoms with Gasteiger partial charge >= 0.3 is 6.16 Å². The van der Waals surface area contributed by atoms with Gasteiger partial charge in [-0.1, -0.05) is 33.3 Å². The molecule has 0 aliphatic heterocycles. The molecule has 0 aromatic carbocycles. The molecule has 0 spiro atoms. The van der Waals surface area contributed by atoms with Gasteiger partial charge in [-0.25, -0.2) is 4.79 Å². The summed E-state index contributed by atoms with van der Waals surface area (Å²) in [6.07, 6.45) is 4.55. The maximum Gasteiger partial charge on any atom is 0.508 e. The summed E-state index contributed by atoms with van der Waals surface area (Å²) in [5.74, 6) is 0. The molecular weight excluding hydrogens is 180 g/mol. The Morgan fingerprint density at radius 1 is 1.36 bits per heavy atom. The van der Waals surface area contributed by atoms with Crippen molar-refractivity contribution >= 4 is 6.16 Å². The van der Waals surface area contributed by atoms with Crippen LogP contribution in [0.5, 0.6) is 0 Å². The third-order valence-electron chi connectivity index (χ3n) is 2.17. The summed E-state index contributed by atoms with van der Waals surface area (Å²) in [6.45, 7) is 7.83. The predicted molar refractivity (Wildman–Crippen MR) is 56.2 cm³/mol. The lowest BCUT2D eigenvalue weighted by atomic mass is 9.93. The smallest absolute Gasteiger partial charge is 0.438 e. The summed E-state index contributed by atoms with van der Waals surface area (Å²) in [7, 11) is 1.31. The van der Waals surface area contributed by atoms with Crippen molar-refractivity contribution in [1.82, 2.24) is 0 Å². The molecule has 0 bridgehead atoms. The highest BCUT2D eigenvalue weighted by atomic mass is 16.7. The van der Waals surface area contributed by atoms with Crippen LogP contribution < -0.4 is 0 Å². The molecular formula is C11H20O3. The van der Waals surface area contributed by atoms with Gasteiger partial charge in [-0.3, -0.25) is 0 Å². The van der Waals surface area contributed by atoms with Gasteiger partial charge in [-0.2, -0.15) is 0 Å². The van der Waals surface area contributed by atoms with Gasteiger partial charge in [0, 0.05) is 0 Å². The summed E-state index contributed by atoms with van der Waals surface area (Å²) in [4.78, 5) is 11.0. The van der Waals surface area contributed by atoms with Crippen molar-refractivity contribution in [1.29, 1.82) is 0 Å². The summed E-state index contributed by atoms with van der Waals surface area (Å²) < 4.78 is 9.73. The lowest BCUT2D eigenvalue weighted by Crippen LogP contribution is -2.32. The molecule has 0 radical (unpaired) electrons. The fourth-order valence-corrected chi connectivity index (χ4v) is 1.53. The number of ether oxygens (including phenoxy) is 2. The standard InChI is InChI=1S/C11H20O3/c1-5-8-11(7-3,9-6-2)14-10(12)13-4/h7H,3,5-6,8-9H2,1-2,4H3. The van der Waals surface area contributed by atoms with Crippen LogP contribution in [0, 0.1) is 0 Å². The van der Waals surface area contributed by atoms with E-state index >= 15 is 0 Å². The van der Waals surface area contributed by atoms with Crippen molar-refractivity contribution in [3.05, 3.63) is 12.7 Å². The van der Waals surface area contributed by atoms with Gasteiger partial charge in [0.15, 0.2) is 0 Å². The molecule has 82 valence electrons. The lowest BCUT2D eigenvalue weighted by Gasteiger charge is -2.28. The predicted octanol–water partition coefficient (Wildman–Crippen LogP) is 3.29. The molecule has 3 nitrogen and oxygen atoms in total. The fraction of sp³-hybridized carbons (Fsp3) is 0.727. The number of hydrogen-bond donors (Lipinski definition) is 0. The van der Waals surface area contributed by atoms with Crippen LogP contribution in [0.1, 0.15) is 39.5 Å². The van der Waals surface area contributed by atoms with E-state index in [0.29, 0.717) is 0 Å². The van der Waals surface area contributed by atoms with E-state index in [-0.39, 0.29) is 0 Å². The van der Waals surface area contributed by atoms with Crippen molar-refractivity contribution in [3.8, 4) is 0 Å². The maximum atomic E-state index is 11.0.